The summed E-state index contributed by atoms with van der Waals surface area (Å²) in [7, 11) is 0. The summed E-state index contributed by atoms with van der Waals surface area (Å²) in [5, 5.41) is 4.07. The van der Waals surface area contributed by atoms with Crippen LogP contribution in [0.15, 0.2) is 46.9 Å². The molecule has 0 bridgehead atoms. The maximum absolute atomic E-state index is 13.1. The fraction of sp³-hybridized carbons (Fsp3) is 0.417. The van der Waals surface area contributed by atoms with Crippen molar-refractivity contribution in [3.05, 3.63) is 62.5 Å². The van der Waals surface area contributed by atoms with Crippen LogP contribution in [0.2, 0.25) is 10.0 Å². The Bertz CT molecular complexity index is 933. The number of nitrogens with zero attached hydrogens (tertiary/aromatic N) is 1. The zero-order valence-corrected chi connectivity index (χ0v) is 21.0. The number of nitrogens with one attached hydrogen (secondary N) is 1. The summed E-state index contributed by atoms with van der Waals surface area (Å²) in [4.78, 5) is 27.6. The van der Waals surface area contributed by atoms with E-state index in [0.717, 1.165) is 30.2 Å². The summed E-state index contributed by atoms with van der Waals surface area (Å²) < 4.78 is 6.59. The molecule has 5 nitrogen and oxygen atoms in total. The first-order valence-corrected chi connectivity index (χ1v) is 12.3. The molecule has 1 atom stereocenters. The van der Waals surface area contributed by atoms with E-state index in [1.807, 2.05) is 12.1 Å². The predicted octanol–water partition coefficient (Wildman–Crippen LogP) is 6.00. The standard InChI is InChI=1S/C24H27BrCl2N2O3/c1-16(24(31)28-20-5-3-2-4-6-20)29(14-17-7-10-19(26)13-22(17)27)23(30)15-32-21-11-8-18(25)9-12-21/h7-13,16,20H,2-6,14-15H2,1H3,(H,28,31)/t16-/m0/s1. The molecule has 2 amide bonds. The first-order chi connectivity index (χ1) is 15.3. The van der Waals surface area contributed by atoms with Crippen LogP contribution in [-0.2, 0) is 16.1 Å². The van der Waals surface area contributed by atoms with E-state index in [1.165, 1.54) is 11.3 Å². The first-order valence-electron chi connectivity index (χ1n) is 10.8. The third-order valence-corrected chi connectivity index (χ3v) is 6.77. The lowest BCUT2D eigenvalue weighted by Gasteiger charge is -2.31. The van der Waals surface area contributed by atoms with Gasteiger partial charge in [0.1, 0.15) is 11.8 Å². The second-order valence-corrected chi connectivity index (χ2v) is 9.78. The normalized spacial score (nSPS) is 15.1. The minimum absolute atomic E-state index is 0.161. The molecule has 2 aromatic rings. The fourth-order valence-electron chi connectivity index (χ4n) is 3.74. The van der Waals surface area contributed by atoms with Gasteiger partial charge in [0, 0.05) is 27.1 Å². The molecule has 0 aliphatic heterocycles. The van der Waals surface area contributed by atoms with E-state index in [1.54, 1.807) is 37.3 Å². The minimum Gasteiger partial charge on any atom is -0.484 e. The summed E-state index contributed by atoms with van der Waals surface area (Å²) in [5.41, 5.74) is 0.713. The quantitative estimate of drug-likeness (QED) is 0.445. The maximum Gasteiger partial charge on any atom is 0.261 e. The number of amides is 2. The van der Waals surface area contributed by atoms with Crippen molar-refractivity contribution in [2.24, 2.45) is 0 Å². The molecule has 3 rings (SSSR count). The predicted molar refractivity (Wildman–Crippen MR) is 131 cm³/mol. The molecule has 0 spiro atoms. The van der Waals surface area contributed by atoms with Crippen LogP contribution in [0.1, 0.15) is 44.6 Å². The van der Waals surface area contributed by atoms with Crippen LogP contribution in [0.3, 0.4) is 0 Å². The number of hydrogen-bond donors (Lipinski definition) is 1. The molecule has 2 aromatic carbocycles. The Morgan fingerprint density at radius 2 is 1.81 bits per heavy atom. The van der Waals surface area contributed by atoms with Gasteiger partial charge in [0.05, 0.1) is 0 Å². The highest BCUT2D eigenvalue weighted by Crippen LogP contribution is 2.24. The van der Waals surface area contributed by atoms with Gasteiger partial charge in [-0.3, -0.25) is 9.59 Å². The number of rotatable bonds is 8. The highest BCUT2D eigenvalue weighted by molar-refractivity contribution is 9.10. The van der Waals surface area contributed by atoms with Gasteiger partial charge in [0.2, 0.25) is 5.91 Å². The molecule has 0 heterocycles. The van der Waals surface area contributed by atoms with Crippen molar-refractivity contribution < 1.29 is 14.3 Å². The lowest BCUT2D eigenvalue weighted by Crippen LogP contribution is -2.51. The Labute approximate surface area is 207 Å². The number of ether oxygens (including phenoxy) is 1. The second-order valence-electron chi connectivity index (χ2n) is 8.02. The molecular formula is C24H27BrCl2N2O3. The van der Waals surface area contributed by atoms with Gasteiger partial charge >= 0.3 is 0 Å². The molecule has 172 valence electrons. The molecule has 1 aliphatic rings. The SMILES string of the molecule is C[C@@H](C(=O)NC1CCCCC1)N(Cc1ccc(Cl)cc1Cl)C(=O)COc1ccc(Br)cc1. The van der Waals surface area contributed by atoms with Crippen LogP contribution in [0.4, 0.5) is 0 Å². The molecular weight excluding hydrogens is 515 g/mol. The number of halogens is 3. The van der Waals surface area contributed by atoms with Crippen molar-refractivity contribution in [1.82, 2.24) is 10.2 Å². The number of hydrogen-bond acceptors (Lipinski definition) is 3. The van der Waals surface area contributed by atoms with Crippen molar-refractivity contribution in [3.63, 3.8) is 0 Å². The highest BCUT2D eigenvalue weighted by Gasteiger charge is 2.29. The van der Waals surface area contributed by atoms with E-state index in [0.29, 0.717) is 21.4 Å². The zero-order valence-electron chi connectivity index (χ0n) is 18.0. The van der Waals surface area contributed by atoms with Crippen molar-refractivity contribution >= 4 is 50.9 Å². The van der Waals surface area contributed by atoms with Crippen LogP contribution in [0, 0.1) is 0 Å². The van der Waals surface area contributed by atoms with Crippen LogP contribution in [0.5, 0.6) is 5.75 Å². The summed E-state index contributed by atoms with van der Waals surface area (Å²) in [5.74, 6) is 0.106. The third kappa shape index (κ3) is 7.12. The maximum atomic E-state index is 13.1. The van der Waals surface area contributed by atoms with E-state index in [2.05, 4.69) is 21.2 Å². The number of carbonyl (C=O) groups excluding carboxylic acids is 2. The summed E-state index contributed by atoms with van der Waals surface area (Å²) in [6.45, 7) is 1.73. The van der Waals surface area contributed by atoms with Gasteiger partial charge in [0.25, 0.3) is 5.91 Å². The molecule has 0 saturated heterocycles. The van der Waals surface area contributed by atoms with Gasteiger partial charge < -0.3 is 15.0 Å². The van der Waals surface area contributed by atoms with Gasteiger partial charge in [-0.15, -0.1) is 0 Å². The van der Waals surface area contributed by atoms with Crippen LogP contribution in [0.25, 0.3) is 0 Å². The Balaban J connectivity index is 1.73. The average molecular weight is 542 g/mol. The second kappa shape index (κ2) is 11.9. The Hall–Kier alpha value is -1.76. The van der Waals surface area contributed by atoms with Crippen molar-refractivity contribution in [3.8, 4) is 5.75 Å². The molecule has 8 heteroatoms. The summed E-state index contributed by atoms with van der Waals surface area (Å²) in [6, 6.07) is 11.8. The van der Waals surface area contributed by atoms with Crippen molar-refractivity contribution in [1.29, 1.82) is 0 Å². The van der Waals surface area contributed by atoms with Gasteiger partial charge in [-0.25, -0.2) is 0 Å². The zero-order chi connectivity index (χ0) is 23.1. The lowest BCUT2D eigenvalue weighted by molar-refractivity contribution is -0.142. The molecule has 1 N–H and O–H groups in total. The van der Waals surface area contributed by atoms with E-state index >= 15 is 0 Å². The molecule has 1 aliphatic carbocycles. The minimum atomic E-state index is -0.676. The molecule has 0 unspecified atom stereocenters. The Morgan fingerprint density at radius 3 is 2.47 bits per heavy atom. The van der Waals surface area contributed by atoms with Crippen molar-refractivity contribution in [2.75, 3.05) is 6.61 Å². The number of benzene rings is 2. The Morgan fingerprint density at radius 1 is 1.12 bits per heavy atom. The largest absolute Gasteiger partial charge is 0.484 e. The summed E-state index contributed by atoms with van der Waals surface area (Å²) >= 11 is 15.7. The van der Waals surface area contributed by atoms with Crippen LogP contribution >= 0.6 is 39.1 Å². The Kier molecular flexibility index (Phi) is 9.26. The molecule has 0 radical (unpaired) electrons. The molecule has 1 saturated carbocycles. The van der Waals surface area contributed by atoms with Gasteiger partial charge in [-0.2, -0.15) is 0 Å². The fourth-order valence-corrected chi connectivity index (χ4v) is 4.48. The monoisotopic (exact) mass is 540 g/mol. The van der Waals surface area contributed by atoms with Crippen LogP contribution < -0.4 is 10.1 Å². The van der Waals surface area contributed by atoms with Gasteiger partial charge in [0.15, 0.2) is 6.61 Å². The van der Waals surface area contributed by atoms with E-state index < -0.39 is 6.04 Å². The van der Waals surface area contributed by atoms with Gasteiger partial charge in [-0.05, 0) is 61.7 Å². The topological polar surface area (TPSA) is 58.6 Å². The summed E-state index contributed by atoms with van der Waals surface area (Å²) in [6.07, 6.45) is 5.38. The van der Waals surface area contributed by atoms with Crippen molar-refractivity contribution in [2.45, 2.75) is 57.7 Å². The van der Waals surface area contributed by atoms with Crippen LogP contribution in [-0.4, -0.2) is 35.4 Å². The molecule has 1 fully saturated rings. The van der Waals surface area contributed by atoms with E-state index in [4.69, 9.17) is 27.9 Å². The third-order valence-electron chi connectivity index (χ3n) is 5.65. The van der Waals surface area contributed by atoms with Gasteiger partial charge in [-0.1, -0.05) is 64.5 Å². The lowest BCUT2D eigenvalue weighted by atomic mass is 9.95. The number of carbonyl (C=O) groups is 2. The molecule has 0 aromatic heterocycles. The van der Waals surface area contributed by atoms with E-state index in [-0.39, 0.29) is 31.0 Å². The first kappa shape index (κ1) is 24.9. The molecule has 32 heavy (non-hydrogen) atoms. The highest BCUT2D eigenvalue weighted by atomic mass is 79.9. The smallest absolute Gasteiger partial charge is 0.261 e. The average Bonchev–Trinajstić information content (AvgIpc) is 2.78. The van der Waals surface area contributed by atoms with E-state index in [9.17, 15) is 9.59 Å².